The average Bonchev–Trinajstić information content (AvgIpc) is 2.91. The van der Waals surface area contributed by atoms with Crippen molar-refractivity contribution in [2.45, 2.75) is 6.61 Å². The highest BCUT2D eigenvalue weighted by atomic mass is 32.2. The van der Waals surface area contributed by atoms with Crippen LogP contribution >= 0.6 is 11.8 Å². The molecule has 0 bridgehead atoms. The monoisotopic (exact) mass is 335 g/mol. The van der Waals surface area contributed by atoms with Gasteiger partial charge in [-0.3, -0.25) is 4.79 Å². The molecule has 6 heteroatoms. The smallest absolute Gasteiger partial charge is 0.286 e. The van der Waals surface area contributed by atoms with Crippen LogP contribution in [-0.4, -0.2) is 11.1 Å². The molecule has 0 atom stereocenters. The lowest BCUT2D eigenvalue weighted by Gasteiger charge is -2.08. The summed E-state index contributed by atoms with van der Waals surface area (Å²) in [6, 6.07) is 16.8. The summed E-state index contributed by atoms with van der Waals surface area (Å²) in [5.74, 6) is 0.372. The molecule has 1 aliphatic heterocycles. The van der Waals surface area contributed by atoms with Gasteiger partial charge in [-0.05, 0) is 41.6 Å². The Kier molecular flexibility index (Phi) is 4.64. The molecule has 1 amide bonds. The molecular formula is C18H13N3O2S. The summed E-state index contributed by atoms with van der Waals surface area (Å²) in [5.41, 5.74) is 7.83. The third kappa shape index (κ3) is 3.65. The van der Waals surface area contributed by atoms with E-state index in [0.29, 0.717) is 22.8 Å². The maximum Gasteiger partial charge on any atom is 0.286 e. The number of carbonyl (C=O) groups excluding carboxylic acids is 1. The minimum atomic E-state index is -0.314. The van der Waals surface area contributed by atoms with Gasteiger partial charge in [0.15, 0.2) is 5.17 Å². The van der Waals surface area contributed by atoms with E-state index < -0.39 is 0 Å². The lowest BCUT2D eigenvalue weighted by molar-refractivity contribution is -0.113. The van der Waals surface area contributed by atoms with Crippen molar-refractivity contribution in [2.24, 2.45) is 10.7 Å². The fraction of sp³-hybridized carbons (Fsp3) is 0.0556. The summed E-state index contributed by atoms with van der Waals surface area (Å²) >= 11 is 1.16. The Morgan fingerprint density at radius 2 is 1.96 bits per heavy atom. The van der Waals surface area contributed by atoms with Gasteiger partial charge in [-0.2, -0.15) is 10.3 Å². The van der Waals surface area contributed by atoms with Gasteiger partial charge >= 0.3 is 0 Å². The van der Waals surface area contributed by atoms with Crippen LogP contribution in [0.3, 0.4) is 0 Å². The molecular weight excluding hydrogens is 322 g/mol. The lowest BCUT2D eigenvalue weighted by Crippen LogP contribution is -2.01. The van der Waals surface area contributed by atoms with Crippen molar-refractivity contribution in [3.8, 4) is 11.8 Å². The number of amides is 1. The van der Waals surface area contributed by atoms with Crippen LogP contribution in [0.4, 0.5) is 0 Å². The summed E-state index contributed by atoms with van der Waals surface area (Å²) in [4.78, 5) is 15.7. The van der Waals surface area contributed by atoms with Crippen molar-refractivity contribution in [1.29, 1.82) is 5.26 Å². The first kappa shape index (κ1) is 15.8. The summed E-state index contributed by atoms with van der Waals surface area (Å²) in [7, 11) is 0. The van der Waals surface area contributed by atoms with Gasteiger partial charge in [0.2, 0.25) is 0 Å². The molecule has 0 unspecified atom stereocenters. The molecule has 0 radical (unpaired) electrons. The molecule has 3 rings (SSSR count). The fourth-order valence-corrected chi connectivity index (χ4v) is 2.84. The molecule has 24 heavy (non-hydrogen) atoms. The predicted molar refractivity (Wildman–Crippen MR) is 94.1 cm³/mol. The van der Waals surface area contributed by atoms with E-state index in [2.05, 4.69) is 11.1 Å². The molecule has 0 saturated carbocycles. The van der Waals surface area contributed by atoms with Crippen LogP contribution in [0.25, 0.3) is 6.08 Å². The van der Waals surface area contributed by atoms with Crippen molar-refractivity contribution >= 4 is 28.9 Å². The first-order valence-electron chi connectivity index (χ1n) is 7.14. The van der Waals surface area contributed by atoms with Gasteiger partial charge in [0.25, 0.3) is 5.91 Å². The zero-order valence-corrected chi connectivity index (χ0v) is 13.4. The van der Waals surface area contributed by atoms with Gasteiger partial charge in [-0.25, -0.2) is 0 Å². The van der Waals surface area contributed by atoms with Crippen molar-refractivity contribution in [2.75, 3.05) is 0 Å². The van der Waals surface area contributed by atoms with Crippen molar-refractivity contribution in [3.05, 3.63) is 70.1 Å². The van der Waals surface area contributed by atoms with E-state index in [1.54, 1.807) is 12.1 Å². The highest BCUT2D eigenvalue weighted by molar-refractivity contribution is 8.18. The topological polar surface area (TPSA) is 88.5 Å². The molecule has 2 N–H and O–H groups in total. The molecule has 2 aromatic rings. The largest absolute Gasteiger partial charge is 0.489 e. The number of carbonyl (C=O) groups is 1. The average molecular weight is 335 g/mol. The standard InChI is InChI=1S/C18H13N3O2S/c19-10-13-3-1-2-4-14(13)11-23-15-7-5-12(6-8-15)9-16-17(22)21-18(20)24-16/h1-9H,11H2,(H2,20,21,22)/b16-9-. The summed E-state index contributed by atoms with van der Waals surface area (Å²) in [5, 5.41) is 9.33. The molecule has 0 aliphatic carbocycles. The van der Waals surface area contributed by atoms with Crippen molar-refractivity contribution in [1.82, 2.24) is 0 Å². The number of hydrogen-bond donors (Lipinski definition) is 1. The normalized spacial score (nSPS) is 15.2. The second-order valence-corrected chi connectivity index (χ2v) is 6.05. The van der Waals surface area contributed by atoms with Gasteiger partial charge in [-0.1, -0.05) is 30.3 Å². The Morgan fingerprint density at radius 1 is 1.21 bits per heavy atom. The van der Waals surface area contributed by atoms with E-state index in [0.717, 1.165) is 22.9 Å². The molecule has 5 nitrogen and oxygen atoms in total. The maximum atomic E-state index is 11.6. The minimum absolute atomic E-state index is 0.266. The number of ether oxygens (including phenoxy) is 1. The predicted octanol–water partition coefficient (Wildman–Crippen LogP) is 3.07. The number of nitrogens with zero attached hydrogens (tertiary/aromatic N) is 2. The third-order valence-corrected chi connectivity index (χ3v) is 4.16. The van der Waals surface area contributed by atoms with Crippen molar-refractivity contribution < 1.29 is 9.53 Å². The van der Waals surface area contributed by atoms with E-state index in [9.17, 15) is 4.79 Å². The van der Waals surface area contributed by atoms with E-state index in [-0.39, 0.29) is 11.1 Å². The molecule has 2 aromatic carbocycles. The Balaban J connectivity index is 1.66. The number of aliphatic imine (C=N–C) groups is 1. The van der Waals surface area contributed by atoms with Gasteiger partial charge in [0.1, 0.15) is 12.4 Å². The van der Waals surface area contributed by atoms with Crippen LogP contribution in [0.5, 0.6) is 5.75 Å². The first-order chi connectivity index (χ1) is 11.7. The number of nitriles is 1. The third-order valence-electron chi connectivity index (χ3n) is 3.35. The summed E-state index contributed by atoms with van der Waals surface area (Å²) < 4.78 is 5.71. The number of nitrogens with two attached hydrogens (primary N) is 1. The second-order valence-electron chi connectivity index (χ2n) is 4.99. The van der Waals surface area contributed by atoms with Crippen LogP contribution in [-0.2, 0) is 11.4 Å². The quantitative estimate of drug-likeness (QED) is 0.868. The van der Waals surface area contributed by atoms with E-state index in [4.69, 9.17) is 15.7 Å². The van der Waals surface area contributed by atoms with E-state index in [1.165, 1.54) is 0 Å². The highest BCUT2D eigenvalue weighted by Gasteiger charge is 2.19. The number of hydrogen-bond acceptors (Lipinski definition) is 5. The number of rotatable bonds is 4. The highest BCUT2D eigenvalue weighted by Crippen LogP contribution is 2.27. The Labute approximate surface area is 143 Å². The maximum absolute atomic E-state index is 11.6. The van der Waals surface area contributed by atoms with Gasteiger partial charge in [-0.15, -0.1) is 0 Å². The Morgan fingerprint density at radius 3 is 2.62 bits per heavy atom. The Bertz CT molecular complexity index is 880. The zero-order valence-electron chi connectivity index (χ0n) is 12.6. The van der Waals surface area contributed by atoms with Crippen LogP contribution in [0.1, 0.15) is 16.7 Å². The fourth-order valence-electron chi connectivity index (χ4n) is 2.15. The number of amidine groups is 1. The number of thioether (sulfide) groups is 1. The van der Waals surface area contributed by atoms with Crippen LogP contribution in [0.15, 0.2) is 58.4 Å². The van der Waals surface area contributed by atoms with E-state index >= 15 is 0 Å². The minimum Gasteiger partial charge on any atom is -0.489 e. The lowest BCUT2D eigenvalue weighted by atomic mass is 10.1. The molecule has 0 aromatic heterocycles. The van der Waals surface area contributed by atoms with Crippen molar-refractivity contribution in [3.63, 3.8) is 0 Å². The second kappa shape index (κ2) is 7.02. The molecule has 0 spiro atoms. The van der Waals surface area contributed by atoms with Crippen LogP contribution < -0.4 is 10.5 Å². The van der Waals surface area contributed by atoms with Gasteiger partial charge in [0.05, 0.1) is 16.5 Å². The van der Waals surface area contributed by atoms with Crippen LogP contribution in [0.2, 0.25) is 0 Å². The molecule has 0 saturated heterocycles. The zero-order chi connectivity index (χ0) is 16.9. The van der Waals surface area contributed by atoms with E-state index in [1.807, 2.05) is 42.5 Å². The SMILES string of the molecule is N#Cc1ccccc1COc1ccc(/C=C2\SC(N)=NC2=O)cc1. The van der Waals surface area contributed by atoms with Gasteiger partial charge < -0.3 is 10.5 Å². The first-order valence-corrected chi connectivity index (χ1v) is 7.96. The van der Waals surface area contributed by atoms with Crippen LogP contribution in [0, 0.1) is 11.3 Å². The van der Waals surface area contributed by atoms with Gasteiger partial charge in [0, 0.05) is 5.56 Å². The number of benzene rings is 2. The molecule has 118 valence electrons. The summed E-state index contributed by atoms with van der Waals surface area (Å²) in [6.45, 7) is 0.322. The molecule has 0 fully saturated rings. The Hall–Kier alpha value is -3.04. The molecule has 1 aliphatic rings. The molecule has 1 heterocycles. The summed E-state index contributed by atoms with van der Waals surface area (Å²) in [6.07, 6.45) is 1.74.